The van der Waals surface area contributed by atoms with Gasteiger partial charge >= 0.3 is 0 Å². The average molecular weight is 1060 g/mol. The second-order valence-corrected chi connectivity index (χ2v) is 21.9. The van der Waals surface area contributed by atoms with Crippen LogP contribution in [0.4, 0.5) is 34.1 Å². The van der Waals surface area contributed by atoms with Gasteiger partial charge in [0.25, 0.3) is 6.71 Å². The van der Waals surface area contributed by atoms with Crippen molar-refractivity contribution < 1.29 is 0 Å². The number of hydrogen-bond acceptors (Lipinski definition) is 2. The Morgan fingerprint density at radius 3 is 1.04 bits per heavy atom. The molecule has 2 aliphatic rings. The summed E-state index contributed by atoms with van der Waals surface area (Å²) in [4.78, 5) is 5.13. The molecule has 13 aromatic carbocycles. The third-order valence-electron chi connectivity index (χ3n) is 17.5. The SMILES string of the molecule is c1ccc(-c2ccccc2N2c3ccc(-c4cccc5c4c4ccccc4n5-c4ccccc4)cc3B3c4cc(-c5cccc6c5c5ccccc5n6-c5ccccc5)ccc4N(c4ccccc4-c4ccccc4)c4cccc2c43)cc1. The number of nitrogens with zero attached hydrogens (tertiary/aromatic N) is 4. The van der Waals surface area contributed by atoms with Crippen LogP contribution in [-0.4, -0.2) is 15.8 Å². The van der Waals surface area contributed by atoms with Crippen molar-refractivity contribution >= 4 is 101 Å². The van der Waals surface area contributed by atoms with E-state index in [-0.39, 0.29) is 6.71 Å². The first-order chi connectivity index (χ1) is 41.2. The van der Waals surface area contributed by atoms with Crippen LogP contribution in [0.15, 0.2) is 309 Å². The fourth-order valence-electron chi connectivity index (χ4n) is 14.1. The zero-order chi connectivity index (χ0) is 54.5. The van der Waals surface area contributed by atoms with Crippen LogP contribution in [0.5, 0.6) is 0 Å². The lowest BCUT2D eigenvalue weighted by Crippen LogP contribution is -2.61. The predicted molar refractivity (Wildman–Crippen MR) is 351 cm³/mol. The number of aromatic nitrogens is 2. The molecular formula is C78H51BN4. The molecule has 386 valence electrons. The molecule has 4 heterocycles. The first kappa shape index (κ1) is 47.0. The van der Waals surface area contributed by atoms with Gasteiger partial charge in [0.2, 0.25) is 0 Å². The van der Waals surface area contributed by atoms with Crippen molar-refractivity contribution in [3.05, 3.63) is 309 Å². The number of fused-ring (bicyclic) bond motifs is 10. The summed E-state index contributed by atoms with van der Waals surface area (Å²) in [5, 5.41) is 4.95. The van der Waals surface area contributed by atoms with E-state index in [1.54, 1.807) is 0 Å². The Labute approximate surface area is 482 Å². The van der Waals surface area contributed by atoms with Crippen molar-refractivity contribution in [2.75, 3.05) is 9.80 Å². The van der Waals surface area contributed by atoms with Gasteiger partial charge in [0.1, 0.15) is 0 Å². The maximum atomic E-state index is 2.56. The maximum Gasteiger partial charge on any atom is 0.252 e. The van der Waals surface area contributed by atoms with E-state index in [0.29, 0.717) is 0 Å². The van der Waals surface area contributed by atoms with Crippen LogP contribution in [-0.2, 0) is 0 Å². The van der Waals surface area contributed by atoms with E-state index < -0.39 is 0 Å². The molecule has 0 spiro atoms. The molecule has 0 fully saturated rings. The van der Waals surface area contributed by atoms with Gasteiger partial charge in [0.15, 0.2) is 0 Å². The molecule has 0 bridgehead atoms. The minimum absolute atomic E-state index is 0.166. The van der Waals surface area contributed by atoms with Crippen molar-refractivity contribution in [2.24, 2.45) is 0 Å². The highest BCUT2D eigenvalue weighted by molar-refractivity contribution is 7.00. The zero-order valence-corrected chi connectivity index (χ0v) is 45.3. The van der Waals surface area contributed by atoms with Crippen LogP contribution in [0.3, 0.4) is 0 Å². The normalized spacial score (nSPS) is 12.5. The third kappa shape index (κ3) is 7.21. The van der Waals surface area contributed by atoms with Crippen molar-refractivity contribution in [1.82, 2.24) is 9.13 Å². The third-order valence-corrected chi connectivity index (χ3v) is 17.5. The summed E-state index contributed by atoms with van der Waals surface area (Å²) < 4.78 is 4.85. The molecule has 17 rings (SSSR count). The highest BCUT2D eigenvalue weighted by Crippen LogP contribution is 2.50. The summed E-state index contributed by atoms with van der Waals surface area (Å²) in [7, 11) is 0. The topological polar surface area (TPSA) is 16.3 Å². The van der Waals surface area contributed by atoms with Gasteiger partial charge in [0.05, 0.1) is 33.4 Å². The van der Waals surface area contributed by atoms with Gasteiger partial charge < -0.3 is 18.9 Å². The zero-order valence-electron chi connectivity index (χ0n) is 45.3. The molecular weight excluding hydrogens is 1000 g/mol. The second-order valence-electron chi connectivity index (χ2n) is 21.9. The summed E-state index contributed by atoms with van der Waals surface area (Å²) in [6.07, 6.45) is 0. The lowest BCUT2D eigenvalue weighted by molar-refractivity contribution is 1.18. The number of benzene rings is 13. The van der Waals surface area contributed by atoms with Crippen LogP contribution in [0.2, 0.25) is 0 Å². The maximum absolute atomic E-state index is 2.56. The minimum atomic E-state index is -0.166. The Balaban J connectivity index is 0.970. The molecule has 0 unspecified atom stereocenters. The fourth-order valence-corrected chi connectivity index (χ4v) is 14.1. The number of rotatable bonds is 8. The first-order valence-electron chi connectivity index (χ1n) is 28.7. The van der Waals surface area contributed by atoms with E-state index in [2.05, 4.69) is 328 Å². The van der Waals surface area contributed by atoms with Gasteiger partial charge in [-0.3, -0.25) is 0 Å². The highest BCUT2D eigenvalue weighted by Gasteiger charge is 2.44. The lowest BCUT2D eigenvalue weighted by atomic mass is 9.33. The Morgan fingerprint density at radius 2 is 0.578 bits per heavy atom. The summed E-state index contributed by atoms with van der Waals surface area (Å²) in [6.45, 7) is -0.166. The highest BCUT2D eigenvalue weighted by atomic mass is 15.2. The molecule has 5 heteroatoms. The van der Waals surface area contributed by atoms with E-state index in [1.165, 1.54) is 105 Å². The average Bonchev–Trinajstić information content (AvgIpc) is 4.17. The summed E-state index contributed by atoms with van der Waals surface area (Å²) in [6, 6.07) is 114. The smallest absolute Gasteiger partial charge is 0.252 e. The first-order valence-corrected chi connectivity index (χ1v) is 28.7. The molecule has 2 aromatic heterocycles. The fraction of sp³-hybridized carbons (Fsp3) is 0. The van der Waals surface area contributed by atoms with Crippen molar-refractivity contribution in [1.29, 1.82) is 0 Å². The summed E-state index contributed by atoms with van der Waals surface area (Å²) >= 11 is 0. The molecule has 4 nitrogen and oxygen atoms in total. The second kappa shape index (κ2) is 18.9. The largest absolute Gasteiger partial charge is 0.311 e. The standard InChI is InChI=1S/C78H51BN4/c1-5-24-52(25-6-1)58-32-13-17-38-66(58)82-70-48-46-54(60-36-21-42-72-76(60)62-34-15-19-40-68(62)80(72)56-28-9-3-10-29-56)50-64(70)79-65-51-55(61-37-22-43-73-77(61)63-35-16-20-41-69(63)81(73)57-30-11-4-12-31-57)47-49-71(65)83(75-45-23-44-74(82)78(75)79)67-39-18-14-33-59(67)53-26-7-2-8-27-53/h1-51H. The Morgan fingerprint density at radius 1 is 0.229 bits per heavy atom. The van der Waals surface area contributed by atoms with E-state index in [9.17, 15) is 0 Å². The molecule has 0 saturated carbocycles. The van der Waals surface area contributed by atoms with Crippen LogP contribution in [0.25, 0.3) is 99.5 Å². The van der Waals surface area contributed by atoms with Crippen LogP contribution in [0, 0.1) is 0 Å². The Kier molecular flexibility index (Phi) is 10.7. The van der Waals surface area contributed by atoms with Gasteiger partial charge in [-0.15, -0.1) is 0 Å². The number of para-hydroxylation sites is 6. The molecule has 0 amide bonds. The Bertz CT molecular complexity index is 4730. The van der Waals surface area contributed by atoms with Gasteiger partial charge in [-0.1, -0.05) is 224 Å². The van der Waals surface area contributed by atoms with E-state index in [4.69, 9.17) is 0 Å². The van der Waals surface area contributed by atoms with Gasteiger partial charge in [-0.25, -0.2) is 0 Å². The molecule has 0 N–H and O–H groups in total. The van der Waals surface area contributed by atoms with Crippen molar-refractivity contribution in [3.63, 3.8) is 0 Å². The number of anilines is 6. The van der Waals surface area contributed by atoms with Gasteiger partial charge in [-0.05, 0) is 135 Å². The van der Waals surface area contributed by atoms with E-state index >= 15 is 0 Å². The number of hydrogen-bond donors (Lipinski definition) is 0. The van der Waals surface area contributed by atoms with Crippen LogP contribution < -0.4 is 26.2 Å². The van der Waals surface area contributed by atoms with Crippen molar-refractivity contribution in [3.8, 4) is 55.9 Å². The molecule has 0 atom stereocenters. The lowest BCUT2D eigenvalue weighted by Gasteiger charge is -2.45. The van der Waals surface area contributed by atoms with Gasteiger partial charge in [0, 0.05) is 66.8 Å². The molecule has 2 aliphatic heterocycles. The van der Waals surface area contributed by atoms with Gasteiger partial charge in [-0.2, -0.15) is 0 Å². The van der Waals surface area contributed by atoms with Crippen LogP contribution >= 0.6 is 0 Å². The van der Waals surface area contributed by atoms with Crippen LogP contribution in [0.1, 0.15) is 0 Å². The molecule has 0 aliphatic carbocycles. The van der Waals surface area contributed by atoms with E-state index in [1.807, 2.05) is 0 Å². The quantitative estimate of drug-likeness (QED) is 0.141. The monoisotopic (exact) mass is 1050 g/mol. The molecule has 83 heavy (non-hydrogen) atoms. The minimum Gasteiger partial charge on any atom is -0.311 e. The molecule has 15 aromatic rings. The molecule has 0 radical (unpaired) electrons. The van der Waals surface area contributed by atoms with Crippen molar-refractivity contribution in [2.45, 2.75) is 0 Å². The molecule has 0 saturated heterocycles. The summed E-state index contributed by atoms with van der Waals surface area (Å²) in [5.41, 5.74) is 27.2. The predicted octanol–water partition coefficient (Wildman–Crippen LogP) is 18.6. The van der Waals surface area contributed by atoms with E-state index in [0.717, 1.165) is 45.5 Å². The Hall–Kier alpha value is -10.9. The summed E-state index contributed by atoms with van der Waals surface area (Å²) in [5.74, 6) is 0.